The Morgan fingerprint density at radius 2 is 2.20 bits per heavy atom. The average molecular weight is 278 g/mol. The summed E-state index contributed by atoms with van der Waals surface area (Å²) in [6.45, 7) is 0.183. The van der Waals surface area contributed by atoms with Gasteiger partial charge < -0.3 is 4.90 Å². The van der Waals surface area contributed by atoms with Gasteiger partial charge in [-0.2, -0.15) is 8.78 Å². The molecule has 0 atom stereocenters. The van der Waals surface area contributed by atoms with Gasteiger partial charge in [0.1, 0.15) is 0 Å². The number of carbonyl (C=O) groups excluding carboxylic acids is 1. The Bertz CT molecular complexity index is 357. The van der Waals surface area contributed by atoms with Gasteiger partial charge in [-0.05, 0) is 17.7 Å². The first-order valence-electron chi connectivity index (χ1n) is 4.28. The van der Waals surface area contributed by atoms with Crippen LogP contribution < -0.4 is 0 Å². The highest BCUT2D eigenvalue weighted by Gasteiger charge is 2.19. The minimum atomic E-state index is -2.94. The minimum Gasteiger partial charge on any atom is -0.336 e. The van der Waals surface area contributed by atoms with E-state index in [1.165, 1.54) is 7.05 Å². The Balaban J connectivity index is 2.66. The van der Waals surface area contributed by atoms with Gasteiger partial charge in [-0.15, -0.1) is 0 Å². The van der Waals surface area contributed by atoms with Gasteiger partial charge >= 0.3 is 6.43 Å². The van der Waals surface area contributed by atoms with Gasteiger partial charge in [0, 0.05) is 18.1 Å². The highest BCUT2D eigenvalue weighted by Crippen LogP contribution is 2.13. The third kappa shape index (κ3) is 3.58. The fourth-order valence-corrected chi connectivity index (χ4v) is 1.60. The van der Waals surface area contributed by atoms with Crippen molar-refractivity contribution >= 4 is 21.8 Å². The van der Waals surface area contributed by atoms with Crippen molar-refractivity contribution in [1.82, 2.24) is 4.90 Å². The molecule has 0 saturated heterocycles. The van der Waals surface area contributed by atoms with Crippen molar-refractivity contribution in [3.05, 3.63) is 34.3 Å². The van der Waals surface area contributed by atoms with E-state index in [1.807, 2.05) is 6.07 Å². The number of halogens is 3. The zero-order valence-electron chi connectivity index (χ0n) is 8.08. The fraction of sp³-hybridized carbons (Fsp3) is 0.300. The van der Waals surface area contributed by atoms with E-state index in [1.54, 1.807) is 18.2 Å². The molecule has 0 aliphatic heterocycles. The molecule has 0 spiro atoms. The molecule has 0 saturated carbocycles. The molecule has 2 nitrogen and oxygen atoms in total. The van der Waals surface area contributed by atoms with Crippen LogP contribution in [-0.2, 0) is 11.3 Å². The minimum absolute atomic E-state index is 0.183. The van der Waals surface area contributed by atoms with Crippen LogP contribution in [0.5, 0.6) is 0 Å². The van der Waals surface area contributed by atoms with E-state index in [0.29, 0.717) is 0 Å². The molecule has 1 amide bonds. The smallest absolute Gasteiger partial charge is 0.315 e. The van der Waals surface area contributed by atoms with Crippen molar-refractivity contribution in [2.24, 2.45) is 0 Å². The quantitative estimate of drug-likeness (QED) is 0.832. The van der Waals surface area contributed by atoms with Crippen molar-refractivity contribution in [3.63, 3.8) is 0 Å². The van der Waals surface area contributed by atoms with Gasteiger partial charge in [0.25, 0.3) is 5.91 Å². The normalized spacial score (nSPS) is 10.5. The number of alkyl halides is 2. The van der Waals surface area contributed by atoms with Crippen molar-refractivity contribution in [2.75, 3.05) is 7.05 Å². The molecule has 0 heterocycles. The first kappa shape index (κ1) is 12.1. The molecule has 0 fully saturated rings. The highest BCUT2D eigenvalue weighted by molar-refractivity contribution is 9.10. The van der Waals surface area contributed by atoms with Crippen LogP contribution in [0.15, 0.2) is 28.7 Å². The van der Waals surface area contributed by atoms with E-state index in [9.17, 15) is 13.6 Å². The van der Waals surface area contributed by atoms with Gasteiger partial charge in [0.2, 0.25) is 0 Å². The number of hydrogen-bond donors (Lipinski definition) is 0. The summed E-state index contributed by atoms with van der Waals surface area (Å²) in [6.07, 6.45) is -2.94. The van der Waals surface area contributed by atoms with E-state index in [2.05, 4.69) is 15.9 Å². The first-order chi connectivity index (χ1) is 7.00. The lowest BCUT2D eigenvalue weighted by atomic mass is 10.2. The molecule has 0 unspecified atom stereocenters. The molecule has 1 aromatic rings. The molecule has 1 rings (SSSR count). The number of amides is 1. The zero-order chi connectivity index (χ0) is 11.4. The summed E-state index contributed by atoms with van der Waals surface area (Å²) in [6, 6.07) is 7.19. The highest BCUT2D eigenvalue weighted by atomic mass is 79.9. The van der Waals surface area contributed by atoms with Crippen LogP contribution in [-0.4, -0.2) is 24.3 Å². The van der Waals surface area contributed by atoms with Gasteiger partial charge in [-0.25, -0.2) is 0 Å². The first-order valence-corrected chi connectivity index (χ1v) is 5.07. The third-order valence-corrected chi connectivity index (χ3v) is 2.36. The molecular weight excluding hydrogens is 268 g/mol. The fourth-order valence-electron chi connectivity index (χ4n) is 1.15. The molecule has 82 valence electrons. The van der Waals surface area contributed by atoms with Crippen LogP contribution in [0, 0.1) is 0 Å². The lowest BCUT2D eigenvalue weighted by Gasteiger charge is -2.16. The maximum Gasteiger partial charge on any atom is 0.315 e. The van der Waals surface area contributed by atoms with Crippen LogP contribution in [0.3, 0.4) is 0 Å². The zero-order valence-corrected chi connectivity index (χ0v) is 9.67. The Hall–Kier alpha value is -0.970. The van der Waals surface area contributed by atoms with Crippen molar-refractivity contribution in [2.45, 2.75) is 13.0 Å². The van der Waals surface area contributed by atoms with Crippen molar-refractivity contribution < 1.29 is 13.6 Å². The van der Waals surface area contributed by atoms with Gasteiger partial charge in [-0.1, -0.05) is 28.1 Å². The summed E-state index contributed by atoms with van der Waals surface area (Å²) in [5, 5.41) is 0. The molecule has 15 heavy (non-hydrogen) atoms. The molecule has 0 aromatic heterocycles. The number of nitrogens with zero attached hydrogens (tertiary/aromatic N) is 1. The summed E-state index contributed by atoms with van der Waals surface area (Å²) in [5.74, 6) is -1.16. The number of hydrogen-bond acceptors (Lipinski definition) is 1. The maximum atomic E-state index is 12.1. The van der Waals surface area contributed by atoms with E-state index in [-0.39, 0.29) is 6.54 Å². The van der Waals surface area contributed by atoms with Crippen LogP contribution in [0.2, 0.25) is 0 Å². The van der Waals surface area contributed by atoms with Crippen LogP contribution in [0.4, 0.5) is 8.78 Å². The van der Waals surface area contributed by atoms with E-state index in [4.69, 9.17) is 0 Å². The van der Waals surface area contributed by atoms with Crippen LogP contribution in [0.25, 0.3) is 0 Å². The molecule has 0 aliphatic rings. The second-order valence-corrected chi connectivity index (χ2v) is 4.04. The summed E-state index contributed by atoms with van der Waals surface area (Å²) in [5.41, 5.74) is 0.806. The van der Waals surface area contributed by atoms with Crippen molar-refractivity contribution in [1.29, 1.82) is 0 Å². The van der Waals surface area contributed by atoms with E-state index >= 15 is 0 Å². The van der Waals surface area contributed by atoms with Gasteiger partial charge in [-0.3, -0.25) is 4.79 Å². The summed E-state index contributed by atoms with van der Waals surface area (Å²) in [4.78, 5) is 11.9. The summed E-state index contributed by atoms with van der Waals surface area (Å²) < 4.78 is 25.0. The third-order valence-electron chi connectivity index (χ3n) is 1.87. The van der Waals surface area contributed by atoms with E-state index in [0.717, 1.165) is 14.9 Å². The molecule has 5 heteroatoms. The maximum absolute atomic E-state index is 12.1. The van der Waals surface area contributed by atoms with Crippen LogP contribution in [0.1, 0.15) is 5.56 Å². The standard InChI is InChI=1S/C10H10BrF2NO/c1-14(10(15)9(12)13)6-7-3-2-4-8(11)5-7/h2-5,9H,6H2,1H3. The Morgan fingerprint density at radius 3 is 2.73 bits per heavy atom. The van der Waals surface area contributed by atoms with Gasteiger partial charge in [0.15, 0.2) is 0 Å². The Morgan fingerprint density at radius 1 is 1.53 bits per heavy atom. The molecule has 0 bridgehead atoms. The monoisotopic (exact) mass is 277 g/mol. The lowest BCUT2D eigenvalue weighted by molar-refractivity contribution is -0.141. The molecule has 1 aromatic carbocycles. The lowest BCUT2D eigenvalue weighted by Crippen LogP contribution is -2.31. The molecular formula is C10H10BrF2NO. The van der Waals surface area contributed by atoms with Crippen LogP contribution >= 0.6 is 15.9 Å². The number of rotatable bonds is 3. The largest absolute Gasteiger partial charge is 0.336 e. The molecule has 0 radical (unpaired) electrons. The predicted molar refractivity (Wildman–Crippen MR) is 56.6 cm³/mol. The summed E-state index contributed by atoms with van der Waals surface area (Å²) >= 11 is 3.27. The predicted octanol–water partition coefficient (Wildman–Crippen LogP) is 2.67. The number of benzene rings is 1. The second kappa shape index (κ2) is 5.21. The average Bonchev–Trinajstić information content (AvgIpc) is 2.16. The van der Waals surface area contributed by atoms with Crippen molar-refractivity contribution in [3.8, 4) is 0 Å². The SMILES string of the molecule is CN(Cc1cccc(Br)c1)C(=O)C(F)F. The summed E-state index contributed by atoms with van der Waals surface area (Å²) in [7, 11) is 1.36. The topological polar surface area (TPSA) is 20.3 Å². The second-order valence-electron chi connectivity index (χ2n) is 3.12. The molecule has 0 aliphatic carbocycles. The Kier molecular flexibility index (Phi) is 4.20. The van der Waals surface area contributed by atoms with Gasteiger partial charge in [0.05, 0.1) is 0 Å². The van der Waals surface area contributed by atoms with E-state index < -0.39 is 12.3 Å². The Labute approximate surface area is 95.0 Å². The number of carbonyl (C=O) groups is 1. The molecule has 0 N–H and O–H groups in total.